The zero-order chi connectivity index (χ0) is 27.2. The zero-order valence-electron chi connectivity index (χ0n) is 19.1. The van der Waals surface area contributed by atoms with Crippen LogP contribution in [0.25, 0.3) is 6.08 Å². The highest BCUT2D eigenvalue weighted by molar-refractivity contribution is 9.10. The standard InChI is InChI=1S/C26H18BrClF4N2O3/c1-2-36-23-11-16(10-20(27)24(23)37-14-15-3-6-19(29)7-4-15)9-17(13-33)25(35)34-22-12-18(26(30,31)32)5-8-21(22)28/h3-12H,2,14H2,1H3,(H,34,35)/b17-9-. The lowest BCUT2D eigenvalue weighted by atomic mass is 10.1. The molecule has 0 aliphatic rings. The summed E-state index contributed by atoms with van der Waals surface area (Å²) in [5.74, 6) is -0.663. The van der Waals surface area contributed by atoms with E-state index in [2.05, 4.69) is 21.2 Å². The summed E-state index contributed by atoms with van der Waals surface area (Å²) in [6.07, 6.45) is -3.39. The van der Waals surface area contributed by atoms with Gasteiger partial charge in [0, 0.05) is 0 Å². The average molecular weight is 598 g/mol. The Balaban J connectivity index is 1.87. The highest BCUT2D eigenvalue weighted by Crippen LogP contribution is 2.38. The number of nitrogens with zero attached hydrogens (tertiary/aromatic N) is 1. The number of carbonyl (C=O) groups is 1. The number of benzene rings is 3. The van der Waals surface area contributed by atoms with Crippen molar-refractivity contribution in [3.63, 3.8) is 0 Å². The van der Waals surface area contributed by atoms with Gasteiger partial charge in [-0.2, -0.15) is 18.4 Å². The summed E-state index contributed by atoms with van der Waals surface area (Å²) >= 11 is 9.32. The molecule has 0 saturated heterocycles. The van der Waals surface area contributed by atoms with Crippen molar-refractivity contribution in [1.29, 1.82) is 5.26 Å². The lowest BCUT2D eigenvalue weighted by Gasteiger charge is -2.15. The topological polar surface area (TPSA) is 71.3 Å². The molecule has 0 aliphatic carbocycles. The number of amides is 1. The maximum absolute atomic E-state index is 13.1. The molecule has 0 atom stereocenters. The smallest absolute Gasteiger partial charge is 0.416 e. The van der Waals surface area contributed by atoms with Crippen molar-refractivity contribution in [2.24, 2.45) is 0 Å². The van der Waals surface area contributed by atoms with E-state index in [0.717, 1.165) is 17.7 Å². The van der Waals surface area contributed by atoms with Crippen LogP contribution in [0.2, 0.25) is 5.02 Å². The number of halogens is 6. The van der Waals surface area contributed by atoms with Crippen molar-refractivity contribution in [1.82, 2.24) is 0 Å². The van der Waals surface area contributed by atoms with E-state index in [-0.39, 0.29) is 35.3 Å². The van der Waals surface area contributed by atoms with Crippen molar-refractivity contribution < 1.29 is 31.8 Å². The van der Waals surface area contributed by atoms with Gasteiger partial charge < -0.3 is 14.8 Å². The second-order valence-corrected chi connectivity index (χ2v) is 8.76. The molecule has 0 unspecified atom stereocenters. The van der Waals surface area contributed by atoms with Crippen LogP contribution in [-0.4, -0.2) is 12.5 Å². The molecule has 3 rings (SSSR count). The number of nitriles is 1. The Labute approximate surface area is 223 Å². The van der Waals surface area contributed by atoms with Crippen molar-refractivity contribution in [3.8, 4) is 17.6 Å². The molecule has 0 aromatic heterocycles. The molecule has 1 amide bonds. The first-order valence-electron chi connectivity index (χ1n) is 10.6. The molecular formula is C26H18BrClF4N2O3. The molecule has 192 valence electrons. The summed E-state index contributed by atoms with van der Waals surface area (Å²) in [5, 5.41) is 11.7. The van der Waals surface area contributed by atoms with Crippen LogP contribution in [0, 0.1) is 17.1 Å². The number of nitrogens with one attached hydrogen (secondary N) is 1. The lowest BCUT2D eigenvalue weighted by molar-refractivity contribution is -0.137. The molecule has 0 saturated carbocycles. The third kappa shape index (κ3) is 7.47. The Hall–Kier alpha value is -3.55. The predicted octanol–water partition coefficient (Wildman–Crippen LogP) is 7.78. The summed E-state index contributed by atoms with van der Waals surface area (Å²) in [7, 11) is 0. The maximum Gasteiger partial charge on any atom is 0.416 e. The number of hydrogen-bond donors (Lipinski definition) is 1. The summed E-state index contributed by atoms with van der Waals surface area (Å²) < 4.78 is 64.2. The number of alkyl halides is 3. The Bertz CT molecular complexity index is 1370. The van der Waals surface area contributed by atoms with Gasteiger partial charge in [0.15, 0.2) is 11.5 Å². The molecule has 1 N–H and O–H groups in total. The lowest BCUT2D eigenvalue weighted by Crippen LogP contribution is -2.15. The van der Waals surface area contributed by atoms with Gasteiger partial charge in [-0.25, -0.2) is 4.39 Å². The van der Waals surface area contributed by atoms with Gasteiger partial charge in [0.05, 0.1) is 27.4 Å². The van der Waals surface area contributed by atoms with E-state index >= 15 is 0 Å². The molecule has 11 heteroatoms. The molecule has 3 aromatic rings. The van der Waals surface area contributed by atoms with E-state index in [0.29, 0.717) is 27.6 Å². The van der Waals surface area contributed by atoms with Crippen molar-refractivity contribution in [2.45, 2.75) is 19.7 Å². The molecule has 5 nitrogen and oxygen atoms in total. The number of carbonyl (C=O) groups excluding carboxylic acids is 1. The molecule has 3 aromatic carbocycles. The number of hydrogen-bond acceptors (Lipinski definition) is 4. The van der Waals surface area contributed by atoms with E-state index in [1.54, 1.807) is 31.2 Å². The Kier molecular flexibility index (Phi) is 9.18. The summed E-state index contributed by atoms with van der Waals surface area (Å²) in [4.78, 5) is 12.7. The van der Waals surface area contributed by atoms with Gasteiger partial charge in [-0.1, -0.05) is 23.7 Å². The summed E-state index contributed by atoms with van der Waals surface area (Å²) in [5.41, 5.74) is -0.579. The predicted molar refractivity (Wildman–Crippen MR) is 135 cm³/mol. The highest BCUT2D eigenvalue weighted by Gasteiger charge is 2.31. The number of ether oxygens (including phenoxy) is 2. The second-order valence-electron chi connectivity index (χ2n) is 7.49. The van der Waals surface area contributed by atoms with Crippen molar-refractivity contribution >= 4 is 45.2 Å². The molecule has 37 heavy (non-hydrogen) atoms. The fourth-order valence-electron chi connectivity index (χ4n) is 3.11. The van der Waals surface area contributed by atoms with E-state index < -0.39 is 17.6 Å². The van der Waals surface area contributed by atoms with Gasteiger partial charge in [0.2, 0.25) is 0 Å². The highest BCUT2D eigenvalue weighted by atomic mass is 79.9. The van der Waals surface area contributed by atoms with Crippen LogP contribution in [-0.2, 0) is 17.6 Å². The van der Waals surface area contributed by atoms with E-state index in [1.807, 2.05) is 0 Å². The SMILES string of the molecule is CCOc1cc(/C=C(/C#N)C(=O)Nc2cc(C(F)(F)F)ccc2Cl)cc(Br)c1OCc1ccc(F)cc1. The molecule has 0 fully saturated rings. The van der Waals surface area contributed by atoms with Gasteiger partial charge in [0.1, 0.15) is 24.1 Å². The van der Waals surface area contributed by atoms with Gasteiger partial charge in [-0.3, -0.25) is 4.79 Å². The fraction of sp³-hybridized carbons (Fsp3) is 0.154. The molecule has 0 bridgehead atoms. The quantitative estimate of drug-likeness (QED) is 0.164. The third-order valence-corrected chi connectivity index (χ3v) is 5.76. The van der Waals surface area contributed by atoms with E-state index in [9.17, 15) is 27.6 Å². The molecule has 0 aliphatic heterocycles. The van der Waals surface area contributed by atoms with Gasteiger partial charge >= 0.3 is 6.18 Å². The minimum absolute atomic E-state index is 0.123. The van der Waals surface area contributed by atoms with E-state index in [4.69, 9.17) is 21.1 Å². The first kappa shape index (κ1) is 28.0. The molecule has 0 spiro atoms. The Morgan fingerprint density at radius 1 is 1.14 bits per heavy atom. The van der Waals surface area contributed by atoms with Crippen LogP contribution in [0.15, 0.2) is 64.6 Å². The van der Waals surface area contributed by atoms with Crippen LogP contribution >= 0.6 is 27.5 Å². The fourth-order valence-corrected chi connectivity index (χ4v) is 3.85. The third-order valence-electron chi connectivity index (χ3n) is 4.85. The summed E-state index contributed by atoms with van der Waals surface area (Å²) in [6.45, 7) is 2.16. The average Bonchev–Trinajstić information content (AvgIpc) is 2.84. The second kappa shape index (κ2) is 12.1. The summed E-state index contributed by atoms with van der Waals surface area (Å²) in [6, 6.07) is 13.1. The zero-order valence-corrected chi connectivity index (χ0v) is 21.5. The number of anilines is 1. The molecular weight excluding hydrogens is 580 g/mol. The Morgan fingerprint density at radius 2 is 1.84 bits per heavy atom. The first-order valence-corrected chi connectivity index (χ1v) is 11.8. The minimum atomic E-state index is -4.64. The van der Waals surface area contributed by atoms with Gasteiger partial charge in [-0.05, 0) is 82.5 Å². The largest absolute Gasteiger partial charge is 0.490 e. The minimum Gasteiger partial charge on any atom is -0.490 e. The monoisotopic (exact) mass is 596 g/mol. The van der Waals surface area contributed by atoms with Gasteiger partial charge in [-0.15, -0.1) is 0 Å². The normalized spacial score (nSPS) is 11.6. The van der Waals surface area contributed by atoms with Crippen LogP contribution in [0.1, 0.15) is 23.6 Å². The first-order chi connectivity index (χ1) is 17.5. The number of rotatable bonds is 8. The molecule has 0 heterocycles. The van der Waals surface area contributed by atoms with Crippen LogP contribution in [0.3, 0.4) is 0 Å². The van der Waals surface area contributed by atoms with Gasteiger partial charge in [0.25, 0.3) is 5.91 Å². The van der Waals surface area contributed by atoms with Crippen molar-refractivity contribution in [2.75, 3.05) is 11.9 Å². The van der Waals surface area contributed by atoms with E-state index in [1.165, 1.54) is 24.3 Å². The van der Waals surface area contributed by atoms with Crippen LogP contribution < -0.4 is 14.8 Å². The van der Waals surface area contributed by atoms with Crippen molar-refractivity contribution in [3.05, 3.63) is 92.2 Å². The maximum atomic E-state index is 13.1. The van der Waals surface area contributed by atoms with Crippen LogP contribution in [0.4, 0.5) is 23.2 Å². The molecule has 0 radical (unpaired) electrons. The Morgan fingerprint density at radius 3 is 2.46 bits per heavy atom. The van der Waals surface area contributed by atoms with Crippen LogP contribution in [0.5, 0.6) is 11.5 Å².